The van der Waals surface area contributed by atoms with Gasteiger partial charge in [-0.3, -0.25) is 9.69 Å². The maximum absolute atomic E-state index is 13.1. The summed E-state index contributed by atoms with van der Waals surface area (Å²) >= 11 is 0. The van der Waals surface area contributed by atoms with Crippen molar-refractivity contribution in [3.05, 3.63) is 66.3 Å². The number of aromatic nitrogens is 2. The maximum atomic E-state index is 13.1. The van der Waals surface area contributed by atoms with Gasteiger partial charge in [-0.1, -0.05) is 12.1 Å². The van der Waals surface area contributed by atoms with Crippen LogP contribution in [0.3, 0.4) is 0 Å². The highest BCUT2D eigenvalue weighted by Crippen LogP contribution is 2.21. The van der Waals surface area contributed by atoms with Crippen molar-refractivity contribution in [1.82, 2.24) is 24.3 Å². The average molecular weight is 369 g/mol. The van der Waals surface area contributed by atoms with Crippen molar-refractivity contribution in [3.8, 4) is 0 Å². The van der Waals surface area contributed by atoms with Crippen LogP contribution in [0.4, 0.5) is 4.39 Å². The molecule has 0 radical (unpaired) electrons. The number of fused-ring (bicyclic) bond motifs is 1. The van der Waals surface area contributed by atoms with Gasteiger partial charge in [-0.15, -0.1) is 0 Å². The van der Waals surface area contributed by atoms with Crippen LogP contribution >= 0.6 is 0 Å². The van der Waals surface area contributed by atoms with E-state index in [9.17, 15) is 9.18 Å². The number of rotatable bonds is 6. The highest BCUT2D eigenvalue weighted by molar-refractivity contribution is 5.97. The van der Waals surface area contributed by atoms with Gasteiger partial charge < -0.3 is 14.4 Å². The van der Waals surface area contributed by atoms with Gasteiger partial charge in [0.1, 0.15) is 5.82 Å². The topological polar surface area (TPSA) is 44.6 Å². The summed E-state index contributed by atoms with van der Waals surface area (Å²) in [5.74, 6) is -0.0507. The smallest absolute Gasteiger partial charge is 0.194 e. The standard InChI is InChI=1S/C20H24FN5O/c21-18-4-2-17(3-5-18)12-24-10-11-26-16-25(14-20(27)19(26)13-24)8-1-7-23-9-6-22-15-23/h2-6,9,13,15H,1,7-8,10-12,14,16H2. The van der Waals surface area contributed by atoms with E-state index in [4.69, 9.17) is 0 Å². The molecule has 1 saturated heterocycles. The minimum absolute atomic E-state index is 0.174. The molecule has 2 aliphatic rings. The Morgan fingerprint density at radius 3 is 2.74 bits per heavy atom. The lowest BCUT2D eigenvalue weighted by Crippen LogP contribution is -2.52. The molecule has 0 aliphatic carbocycles. The van der Waals surface area contributed by atoms with Crippen molar-refractivity contribution in [2.45, 2.75) is 19.5 Å². The van der Waals surface area contributed by atoms with Crippen molar-refractivity contribution >= 4 is 5.78 Å². The summed E-state index contributed by atoms with van der Waals surface area (Å²) in [5.41, 5.74) is 1.85. The number of hydrogen-bond donors (Lipinski definition) is 0. The number of nitrogens with zero attached hydrogens (tertiary/aromatic N) is 5. The van der Waals surface area contributed by atoms with E-state index < -0.39 is 0 Å². The minimum atomic E-state index is -0.225. The van der Waals surface area contributed by atoms with Crippen molar-refractivity contribution in [2.24, 2.45) is 0 Å². The normalized spacial score (nSPS) is 17.8. The lowest BCUT2D eigenvalue weighted by atomic mass is 10.1. The number of imidazole rings is 1. The van der Waals surface area contributed by atoms with Gasteiger partial charge >= 0.3 is 0 Å². The lowest BCUT2D eigenvalue weighted by molar-refractivity contribution is -0.122. The second-order valence-corrected chi connectivity index (χ2v) is 7.15. The Morgan fingerprint density at radius 1 is 1.11 bits per heavy atom. The van der Waals surface area contributed by atoms with Gasteiger partial charge in [0, 0.05) is 51.3 Å². The predicted molar refractivity (Wildman–Crippen MR) is 99.9 cm³/mol. The second-order valence-electron chi connectivity index (χ2n) is 7.15. The number of Topliss-reactive ketones (excluding diaryl/α,β-unsaturated/α-hetero) is 1. The summed E-state index contributed by atoms with van der Waals surface area (Å²) in [6.45, 7) is 5.46. The van der Waals surface area contributed by atoms with Crippen LogP contribution < -0.4 is 0 Å². The largest absolute Gasteiger partial charge is 0.369 e. The Kier molecular flexibility index (Phi) is 5.20. The first-order chi connectivity index (χ1) is 13.2. The van der Waals surface area contributed by atoms with Gasteiger partial charge in [0.15, 0.2) is 5.78 Å². The van der Waals surface area contributed by atoms with Crippen molar-refractivity contribution < 1.29 is 9.18 Å². The summed E-state index contributed by atoms with van der Waals surface area (Å²) < 4.78 is 15.1. The van der Waals surface area contributed by atoms with E-state index in [1.54, 1.807) is 18.3 Å². The molecule has 1 aromatic carbocycles. The molecule has 2 aromatic rings. The zero-order valence-electron chi connectivity index (χ0n) is 15.3. The molecule has 0 bridgehead atoms. The van der Waals surface area contributed by atoms with Gasteiger partial charge in [0.2, 0.25) is 0 Å². The molecule has 27 heavy (non-hydrogen) atoms. The molecule has 142 valence electrons. The van der Waals surface area contributed by atoms with Gasteiger partial charge in [-0.25, -0.2) is 9.37 Å². The Bertz CT molecular complexity index is 802. The van der Waals surface area contributed by atoms with Crippen LogP contribution in [-0.4, -0.2) is 62.9 Å². The molecule has 7 heteroatoms. The fraction of sp³-hybridized carbons (Fsp3) is 0.400. The van der Waals surface area contributed by atoms with Crippen LogP contribution in [0.5, 0.6) is 0 Å². The van der Waals surface area contributed by atoms with Gasteiger partial charge in [0.05, 0.1) is 25.2 Å². The molecule has 0 spiro atoms. The van der Waals surface area contributed by atoms with E-state index >= 15 is 0 Å². The first-order valence-corrected chi connectivity index (χ1v) is 9.34. The van der Waals surface area contributed by atoms with Crippen LogP contribution in [0.25, 0.3) is 0 Å². The van der Waals surface area contributed by atoms with Gasteiger partial charge in [0.25, 0.3) is 0 Å². The molecule has 2 aliphatic heterocycles. The summed E-state index contributed by atoms with van der Waals surface area (Å²) in [6, 6.07) is 6.55. The van der Waals surface area contributed by atoms with E-state index in [0.29, 0.717) is 13.1 Å². The highest BCUT2D eigenvalue weighted by atomic mass is 19.1. The Hall–Kier alpha value is -2.67. The van der Waals surface area contributed by atoms with Gasteiger partial charge in [-0.05, 0) is 24.1 Å². The molecule has 4 rings (SSSR count). The summed E-state index contributed by atoms with van der Waals surface area (Å²) in [6.07, 6.45) is 8.53. The fourth-order valence-electron chi connectivity index (χ4n) is 3.65. The Balaban J connectivity index is 1.32. The minimum Gasteiger partial charge on any atom is -0.369 e. The lowest BCUT2D eigenvalue weighted by Gasteiger charge is -2.42. The molecule has 1 aromatic heterocycles. The van der Waals surface area contributed by atoms with Crippen molar-refractivity contribution in [3.63, 3.8) is 0 Å². The van der Waals surface area contributed by atoms with E-state index in [2.05, 4.69) is 24.3 Å². The third-order valence-corrected chi connectivity index (χ3v) is 5.08. The fourth-order valence-corrected chi connectivity index (χ4v) is 3.65. The van der Waals surface area contributed by atoms with E-state index in [-0.39, 0.29) is 11.6 Å². The zero-order chi connectivity index (χ0) is 18.6. The third kappa shape index (κ3) is 4.36. The number of halogens is 1. The molecule has 3 heterocycles. The van der Waals surface area contributed by atoms with Crippen molar-refractivity contribution in [1.29, 1.82) is 0 Å². The van der Waals surface area contributed by atoms with Crippen LogP contribution in [0.1, 0.15) is 12.0 Å². The van der Waals surface area contributed by atoms with E-state index in [1.807, 2.05) is 18.7 Å². The molecule has 0 N–H and O–H groups in total. The molecule has 1 fully saturated rings. The first kappa shape index (κ1) is 17.7. The van der Waals surface area contributed by atoms with E-state index in [1.165, 1.54) is 12.1 Å². The summed E-state index contributed by atoms with van der Waals surface area (Å²) in [7, 11) is 0. The zero-order valence-corrected chi connectivity index (χ0v) is 15.3. The number of aryl methyl sites for hydroxylation is 1. The summed E-state index contributed by atoms with van der Waals surface area (Å²) in [5, 5.41) is 0. The molecular weight excluding hydrogens is 345 g/mol. The van der Waals surface area contributed by atoms with E-state index in [0.717, 1.165) is 50.5 Å². The molecule has 0 amide bonds. The monoisotopic (exact) mass is 369 g/mol. The van der Waals surface area contributed by atoms with Crippen molar-refractivity contribution in [2.75, 3.05) is 32.8 Å². The molecular formula is C20H24FN5O. The number of hydrogen-bond acceptors (Lipinski definition) is 5. The highest BCUT2D eigenvalue weighted by Gasteiger charge is 2.30. The first-order valence-electron chi connectivity index (χ1n) is 9.34. The van der Waals surface area contributed by atoms with Crippen LogP contribution in [0.15, 0.2) is 54.9 Å². The molecule has 0 unspecified atom stereocenters. The van der Waals surface area contributed by atoms with Crippen LogP contribution in [-0.2, 0) is 17.9 Å². The number of benzene rings is 1. The molecule has 6 nitrogen and oxygen atoms in total. The quantitative estimate of drug-likeness (QED) is 0.778. The third-order valence-electron chi connectivity index (χ3n) is 5.08. The van der Waals surface area contributed by atoms with Crippen LogP contribution in [0, 0.1) is 5.82 Å². The maximum Gasteiger partial charge on any atom is 0.194 e. The summed E-state index contributed by atoms with van der Waals surface area (Å²) in [4.78, 5) is 23.2. The molecule has 0 saturated carbocycles. The number of ketones is 1. The Labute approximate surface area is 158 Å². The van der Waals surface area contributed by atoms with Gasteiger partial charge in [-0.2, -0.15) is 0 Å². The SMILES string of the molecule is O=C1CN(CCCn2ccnc2)CN2CCN(Cc3ccc(F)cc3)C=C12. The number of carbonyl (C=O) groups excluding carboxylic acids is 1. The molecule has 0 atom stereocenters. The van der Waals surface area contributed by atoms with Crippen LogP contribution in [0.2, 0.25) is 0 Å². The Morgan fingerprint density at radius 2 is 1.96 bits per heavy atom. The predicted octanol–water partition coefficient (Wildman–Crippen LogP) is 1.91. The second kappa shape index (κ2) is 7.92. The average Bonchev–Trinajstić information content (AvgIpc) is 3.18. The number of carbonyl (C=O) groups is 1.